The molecule has 3 aromatic rings. The molecule has 0 unspecified atom stereocenters. The van der Waals surface area contributed by atoms with Crippen molar-refractivity contribution in [2.24, 2.45) is 0 Å². The van der Waals surface area contributed by atoms with Crippen molar-refractivity contribution in [3.8, 4) is 17.1 Å². The molecule has 1 N–H and O–H groups in total. The maximum atomic E-state index is 9.43. The second kappa shape index (κ2) is 3.85. The van der Waals surface area contributed by atoms with Gasteiger partial charge in [0, 0.05) is 5.56 Å². The Labute approximate surface area is 106 Å². The van der Waals surface area contributed by atoms with Crippen molar-refractivity contribution in [1.82, 2.24) is 14.6 Å². The van der Waals surface area contributed by atoms with Gasteiger partial charge in [-0.15, -0.1) is 5.10 Å². The molecule has 0 aliphatic carbocycles. The quantitative estimate of drug-likeness (QED) is 0.701. The molecule has 17 heavy (non-hydrogen) atoms. The predicted molar refractivity (Wildman–Crippen MR) is 67.8 cm³/mol. The third kappa shape index (κ3) is 1.78. The third-order valence-electron chi connectivity index (χ3n) is 2.42. The third-order valence-corrected chi connectivity index (χ3v) is 3.02. The van der Waals surface area contributed by atoms with Crippen LogP contribution in [0.15, 0.2) is 47.1 Å². The SMILES string of the molecule is Oc1cccc(-c2nc3cccc(Br)n3n2)c1. The number of aromatic hydroxyl groups is 1. The summed E-state index contributed by atoms with van der Waals surface area (Å²) in [6.07, 6.45) is 0. The topological polar surface area (TPSA) is 50.4 Å². The molecule has 0 fully saturated rings. The van der Waals surface area contributed by atoms with E-state index >= 15 is 0 Å². The molecule has 5 heteroatoms. The zero-order chi connectivity index (χ0) is 11.8. The van der Waals surface area contributed by atoms with Crippen molar-refractivity contribution in [1.29, 1.82) is 0 Å². The van der Waals surface area contributed by atoms with E-state index in [2.05, 4.69) is 26.0 Å². The second-order valence-electron chi connectivity index (χ2n) is 3.60. The van der Waals surface area contributed by atoms with Crippen molar-refractivity contribution < 1.29 is 5.11 Å². The van der Waals surface area contributed by atoms with E-state index in [0.29, 0.717) is 5.82 Å². The molecule has 0 atom stereocenters. The molecule has 2 heterocycles. The van der Waals surface area contributed by atoms with Gasteiger partial charge >= 0.3 is 0 Å². The maximum absolute atomic E-state index is 9.43. The van der Waals surface area contributed by atoms with E-state index in [4.69, 9.17) is 0 Å². The van der Waals surface area contributed by atoms with E-state index in [1.54, 1.807) is 22.7 Å². The second-order valence-corrected chi connectivity index (χ2v) is 4.42. The van der Waals surface area contributed by atoms with Crippen LogP contribution in [0.5, 0.6) is 5.75 Å². The van der Waals surface area contributed by atoms with Crippen LogP contribution < -0.4 is 0 Å². The summed E-state index contributed by atoms with van der Waals surface area (Å²) in [7, 11) is 0. The van der Waals surface area contributed by atoms with Gasteiger partial charge in [0.25, 0.3) is 0 Å². The van der Waals surface area contributed by atoms with Crippen LogP contribution in [0.2, 0.25) is 0 Å². The first-order valence-electron chi connectivity index (χ1n) is 5.05. The number of benzene rings is 1. The highest BCUT2D eigenvalue weighted by Crippen LogP contribution is 2.22. The number of pyridine rings is 1. The molecule has 0 aliphatic heterocycles. The average molecular weight is 290 g/mol. The fraction of sp³-hybridized carbons (Fsp3) is 0. The molecular formula is C12H8BrN3O. The van der Waals surface area contributed by atoms with E-state index in [0.717, 1.165) is 15.8 Å². The Morgan fingerprint density at radius 2 is 1.94 bits per heavy atom. The maximum Gasteiger partial charge on any atom is 0.182 e. The monoisotopic (exact) mass is 289 g/mol. The van der Waals surface area contributed by atoms with Crippen LogP contribution in [-0.2, 0) is 0 Å². The molecule has 0 saturated heterocycles. The highest BCUT2D eigenvalue weighted by Gasteiger charge is 2.07. The van der Waals surface area contributed by atoms with Crippen LogP contribution in [0, 0.1) is 0 Å². The fourth-order valence-corrected chi connectivity index (χ4v) is 2.05. The summed E-state index contributed by atoms with van der Waals surface area (Å²) in [5, 5.41) is 13.8. The zero-order valence-electron chi connectivity index (χ0n) is 8.71. The van der Waals surface area contributed by atoms with Gasteiger partial charge in [-0.3, -0.25) is 0 Å². The number of aromatic nitrogens is 3. The lowest BCUT2D eigenvalue weighted by Gasteiger charge is -1.95. The van der Waals surface area contributed by atoms with Crippen molar-refractivity contribution in [2.45, 2.75) is 0 Å². The van der Waals surface area contributed by atoms with Gasteiger partial charge in [0.15, 0.2) is 11.5 Å². The highest BCUT2D eigenvalue weighted by molar-refractivity contribution is 9.10. The molecule has 0 bridgehead atoms. The molecule has 0 aliphatic rings. The first-order chi connectivity index (χ1) is 8.24. The molecule has 0 spiro atoms. The molecule has 2 aromatic heterocycles. The van der Waals surface area contributed by atoms with E-state index in [1.807, 2.05) is 24.3 Å². The van der Waals surface area contributed by atoms with E-state index < -0.39 is 0 Å². The largest absolute Gasteiger partial charge is 0.508 e. The minimum atomic E-state index is 0.209. The Bertz CT molecular complexity index is 693. The molecule has 84 valence electrons. The summed E-state index contributed by atoms with van der Waals surface area (Å²) in [5.41, 5.74) is 1.55. The Balaban J connectivity index is 2.22. The van der Waals surface area contributed by atoms with Gasteiger partial charge in [0.2, 0.25) is 0 Å². The lowest BCUT2D eigenvalue weighted by molar-refractivity contribution is 0.475. The summed E-state index contributed by atoms with van der Waals surface area (Å²) >= 11 is 3.41. The first-order valence-corrected chi connectivity index (χ1v) is 5.84. The van der Waals surface area contributed by atoms with E-state index in [1.165, 1.54) is 0 Å². The Kier molecular flexibility index (Phi) is 2.33. The smallest absolute Gasteiger partial charge is 0.182 e. The number of halogens is 1. The van der Waals surface area contributed by atoms with Gasteiger partial charge < -0.3 is 5.11 Å². The van der Waals surface area contributed by atoms with Crippen molar-refractivity contribution in [3.05, 3.63) is 47.1 Å². The van der Waals surface area contributed by atoms with Crippen LogP contribution in [0.25, 0.3) is 17.0 Å². The number of nitrogens with zero attached hydrogens (tertiary/aromatic N) is 3. The lowest BCUT2D eigenvalue weighted by atomic mass is 10.2. The molecular weight excluding hydrogens is 282 g/mol. The van der Waals surface area contributed by atoms with Gasteiger partial charge in [-0.2, -0.15) is 0 Å². The number of phenols is 1. The molecule has 0 radical (unpaired) electrons. The minimum Gasteiger partial charge on any atom is -0.508 e. The van der Waals surface area contributed by atoms with Gasteiger partial charge in [0.1, 0.15) is 10.4 Å². The number of fused-ring (bicyclic) bond motifs is 1. The van der Waals surface area contributed by atoms with Crippen molar-refractivity contribution >= 4 is 21.6 Å². The molecule has 0 amide bonds. The molecule has 4 nitrogen and oxygen atoms in total. The molecule has 1 aromatic carbocycles. The van der Waals surface area contributed by atoms with Crippen molar-refractivity contribution in [3.63, 3.8) is 0 Å². The summed E-state index contributed by atoms with van der Waals surface area (Å²) in [4.78, 5) is 4.40. The Morgan fingerprint density at radius 3 is 2.71 bits per heavy atom. The number of rotatable bonds is 1. The molecule has 3 rings (SSSR count). The van der Waals surface area contributed by atoms with Crippen LogP contribution >= 0.6 is 15.9 Å². The normalized spacial score (nSPS) is 10.9. The first kappa shape index (κ1) is 10.3. The summed E-state index contributed by atoms with van der Waals surface area (Å²) < 4.78 is 2.55. The van der Waals surface area contributed by atoms with Gasteiger partial charge in [-0.1, -0.05) is 18.2 Å². The number of phenolic OH excluding ortho intramolecular Hbond substituents is 1. The average Bonchev–Trinajstić information content (AvgIpc) is 2.74. The standard InChI is InChI=1S/C12H8BrN3O/c13-10-5-2-6-11-14-12(15-16(10)11)8-3-1-4-9(17)7-8/h1-7,17H. The highest BCUT2D eigenvalue weighted by atomic mass is 79.9. The predicted octanol–water partition coefficient (Wildman–Crippen LogP) is 2.86. The van der Waals surface area contributed by atoms with Crippen LogP contribution in [0.3, 0.4) is 0 Å². The fourth-order valence-electron chi connectivity index (χ4n) is 1.64. The number of hydrogen-bond acceptors (Lipinski definition) is 3. The summed E-state index contributed by atoms with van der Waals surface area (Å²) in [6.45, 7) is 0. The molecule has 0 saturated carbocycles. The van der Waals surface area contributed by atoms with Gasteiger partial charge in [0.05, 0.1) is 0 Å². The summed E-state index contributed by atoms with van der Waals surface area (Å²) in [5.74, 6) is 0.799. The van der Waals surface area contributed by atoms with E-state index in [9.17, 15) is 5.11 Å². The lowest BCUT2D eigenvalue weighted by Crippen LogP contribution is -1.88. The van der Waals surface area contributed by atoms with Crippen LogP contribution in [0.1, 0.15) is 0 Å². The van der Waals surface area contributed by atoms with E-state index in [-0.39, 0.29) is 5.75 Å². The Hall–Kier alpha value is -1.88. The number of hydrogen-bond donors (Lipinski definition) is 1. The zero-order valence-corrected chi connectivity index (χ0v) is 10.3. The van der Waals surface area contributed by atoms with Gasteiger partial charge in [-0.05, 0) is 40.2 Å². The minimum absolute atomic E-state index is 0.209. The summed E-state index contributed by atoms with van der Waals surface area (Å²) in [6, 6.07) is 12.6. The van der Waals surface area contributed by atoms with Crippen molar-refractivity contribution in [2.75, 3.05) is 0 Å². The van der Waals surface area contributed by atoms with Gasteiger partial charge in [-0.25, -0.2) is 9.50 Å². The van der Waals surface area contributed by atoms with Crippen LogP contribution in [-0.4, -0.2) is 19.7 Å². The van der Waals surface area contributed by atoms with Crippen LogP contribution in [0.4, 0.5) is 0 Å². The Morgan fingerprint density at radius 1 is 1.12 bits per heavy atom.